The summed E-state index contributed by atoms with van der Waals surface area (Å²) in [5.41, 5.74) is 0.561. The van der Waals surface area contributed by atoms with Gasteiger partial charge in [-0.3, -0.25) is 14.5 Å². The minimum absolute atomic E-state index is 0.104. The number of methoxy groups -OCH3 is 1. The van der Waals surface area contributed by atoms with Crippen LogP contribution in [0.15, 0.2) is 24.3 Å². The summed E-state index contributed by atoms with van der Waals surface area (Å²) in [6.07, 6.45) is 6.25. The van der Waals surface area contributed by atoms with Crippen LogP contribution in [0.5, 0.6) is 5.75 Å². The second kappa shape index (κ2) is 8.88. The first kappa shape index (κ1) is 19.2. The second-order valence-electron chi connectivity index (χ2n) is 7.12. The summed E-state index contributed by atoms with van der Waals surface area (Å²) in [6.45, 7) is -0.260. The molecule has 0 unspecified atom stereocenters. The summed E-state index contributed by atoms with van der Waals surface area (Å²) >= 11 is 0. The van der Waals surface area contributed by atoms with Crippen molar-refractivity contribution in [1.29, 1.82) is 0 Å². The number of esters is 1. The molecule has 1 fully saturated rings. The second-order valence-corrected chi connectivity index (χ2v) is 7.12. The van der Waals surface area contributed by atoms with E-state index in [9.17, 15) is 14.4 Å². The van der Waals surface area contributed by atoms with Gasteiger partial charge in [0.1, 0.15) is 18.3 Å². The quantitative estimate of drug-likeness (QED) is 0.770. The van der Waals surface area contributed by atoms with Gasteiger partial charge >= 0.3 is 5.97 Å². The van der Waals surface area contributed by atoms with Gasteiger partial charge in [-0.25, -0.2) is 4.79 Å². The van der Waals surface area contributed by atoms with Gasteiger partial charge in [0.15, 0.2) is 6.61 Å². The highest BCUT2D eigenvalue weighted by Crippen LogP contribution is 2.31. The molecule has 1 aromatic carbocycles. The van der Waals surface area contributed by atoms with Gasteiger partial charge in [-0.15, -0.1) is 0 Å². The molecule has 7 heteroatoms. The first-order chi connectivity index (χ1) is 13.1. The zero-order chi connectivity index (χ0) is 19.2. The molecule has 27 heavy (non-hydrogen) atoms. The Hall–Kier alpha value is -2.57. The van der Waals surface area contributed by atoms with Crippen LogP contribution in [0.25, 0.3) is 0 Å². The third kappa shape index (κ3) is 4.78. The molecule has 7 nitrogen and oxygen atoms in total. The van der Waals surface area contributed by atoms with Gasteiger partial charge in [0, 0.05) is 0 Å². The number of hydrogen-bond donors (Lipinski definition) is 1. The predicted octanol–water partition coefficient (Wildman–Crippen LogP) is 2.04. The summed E-state index contributed by atoms with van der Waals surface area (Å²) in [6, 6.07) is 6.40. The minimum atomic E-state index is -0.683. The average molecular weight is 374 g/mol. The fourth-order valence-electron chi connectivity index (χ4n) is 3.82. The van der Waals surface area contributed by atoms with Crippen LogP contribution in [-0.2, 0) is 19.1 Å². The standard InChI is InChI=1S/C20H26N2O5/c1-26-20(25)15(11-14-7-3-2-4-8-14)21-18(23)12-22-16-9-5-6-10-17(16)27-13-19(22)24/h5-6,9-10,14-15H,2-4,7-8,11-13H2,1H3,(H,21,23)/t15-/m0/s1. The zero-order valence-electron chi connectivity index (χ0n) is 15.6. The number of ether oxygens (including phenoxy) is 2. The van der Waals surface area contributed by atoms with Crippen molar-refractivity contribution >= 4 is 23.5 Å². The van der Waals surface area contributed by atoms with Crippen LogP contribution in [0.2, 0.25) is 0 Å². The van der Waals surface area contributed by atoms with E-state index in [1.165, 1.54) is 18.4 Å². The van der Waals surface area contributed by atoms with Crippen molar-refractivity contribution < 1.29 is 23.9 Å². The predicted molar refractivity (Wildman–Crippen MR) is 99.4 cm³/mol. The Labute approximate surface area is 159 Å². The lowest BCUT2D eigenvalue weighted by Gasteiger charge is -2.30. The number of amides is 2. The summed E-state index contributed by atoms with van der Waals surface area (Å²) < 4.78 is 10.3. The Bertz CT molecular complexity index is 699. The van der Waals surface area contributed by atoms with E-state index < -0.39 is 12.0 Å². The van der Waals surface area contributed by atoms with E-state index in [2.05, 4.69) is 5.32 Å². The number of nitrogens with zero attached hydrogens (tertiary/aromatic N) is 1. The van der Waals surface area contributed by atoms with E-state index in [1.54, 1.807) is 18.2 Å². The van der Waals surface area contributed by atoms with Crippen LogP contribution in [0.4, 0.5) is 5.69 Å². The molecule has 1 aliphatic carbocycles. The van der Waals surface area contributed by atoms with Gasteiger partial charge in [-0.05, 0) is 24.5 Å². The van der Waals surface area contributed by atoms with Crippen LogP contribution in [0, 0.1) is 5.92 Å². The summed E-state index contributed by atoms with van der Waals surface area (Å²) in [7, 11) is 1.32. The molecule has 0 spiro atoms. The lowest BCUT2D eigenvalue weighted by Crippen LogP contribution is -2.49. The van der Waals surface area contributed by atoms with Crippen molar-refractivity contribution in [1.82, 2.24) is 5.32 Å². The first-order valence-electron chi connectivity index (χ1n) is 9.48. The molecular weight excluding hydrogens is 348 g/mol. The van der Waals surface area contributed by atoms with Gasteiger partial charge < -0.3 is 14.8 Å². The maximum absolute atomic E-state index is 12.6. The summed E-state index contributed by atoms with van der Waals surface area (Å²) in [5, 5.41) is 2.77. The van der Waals surface area contributed by atoms with Gasteiger partial charge in [0.05, 0.1) is 12.8 Å². The normalized spacial score (nSPS) is 18.3. The number of nitrogens with one attached hydrogen (secondary N) is 1. The van der Waals surface area contributed by atoms with Crippen molar-refractivity contribution in [3.63, 3.8) is 0 Å². The molecule has 0 bridgehead atoms. The monoisotopic (exact) mass is 374 g/mol. The van der Waals surface area contributed by atoms with E-state index in [1.807, 2.05) is 6.07 Å². The minimum Gasteiger partial charge on any atom is -0.482 e. The van der Waals surface area contributed by atoms with E-state index in [-0.39, 0.29) is 25.0 Å². The Balaban J connectivity index is 1.65. The molecule has 1 aliphatic heterocycles. The molecule has 1 heterocycles. The average Bonchev–Trinajstić information content (AvgIpc) is 2.70. The van der Waals surface area contributed by atoms with Crippen molar-refractivity contribution in [3.05, 3.63) is 24.3 Å². The lowest BCUT2D eigenvalue weighted by molar-refractivity contribution is -0.145. The van der Waals surface area contributed by atoms with E-state index in [0.29, 0.717) is 23.8 Å². The number of benzene rings is 1. The Kier molecular flexibility index (Phi) is 6.32. The highest BCUT2D eigenvalue weighted by atomic mass is 16.5. The Morgan fingerprint density at radius 1 is 1.26 bits per heavy atom. The molecule has 2 amide bonds. The van der Waals surface area contributed by atoms with Gasteiger partial charge in [0.25, 0.3) is 5.91 Å². The molecule has 146 valence electrons. The number of carbonyl (C=O) groups excluding carboxylic acids is 3. The number of anilines is 1. The number of rotatable bonds is 6. The molecule has 0 aromatic heterocycles. The van der Waals surface area contributed by atoms with Crippen LogP contribution in [-0.4, -0.2) is 44.1 Å². The lowest BCUT2D eigenvalue weighted by atomic mass is 9.85. The van der Waals surface area contributed by atoms with E-state index in [0.717, 1.165) is 25.7 Å². The third-order valence-corrected chi connectivity index (χ3v) is 5.22. The summed E-state index contributed by atoms with van der Waals surface area (Å²) in [5.74, 6) is -0.134. The summed E-state index contributed by atoms with van der Waals surface area (Å²) in [4.78, 5) is 38.3. The van der Waals surface area contributed by atoms with Crippen LogP contribution in [0.1, 0.15) is 38.5 Å². The number of fused-ring (bicyclic) bond motifs is 1. The largest absolute Gasteiger partial charge is 0.482 e. The first-order valence-corrected chi connectivity index (χ1v) is 9.48. The maximum atomic E-state index is 12.6. The Morgan fingerprint density at radius 2 is 2.00 bits per heavy atom. The van der Waals surface area contributed by atoms with Crippen LogP contribution < -0.4 is 15.0 Å². The molecule has 3 rings (SSSR count). The fourth-order valence-corrected chi connectivity index (χ4v) is 3.82. The molecule has 1 saturated carbocycles. The number of carbonyl (C=O) groups is 3. The Morgan fingerprint density at radius 3 is 2.74 bits per heavy atom. The van der Waals surface area contributed by atoms with Crippen molar-refractivity contribution in [2.45, 2.75) is 44.6 Å². The van der Waals surface area contributed by atoms with Crippen molar-refractivity contribution in [2.24, 2.45) is 5.92 Å². The van der Waals surface area contributed by atoms with Crippen LogP contribution >= 0.6 is 0 Å². The molecule has 0 radical (unpaired) electrons. The van der Waals surface area contributed by atoms with Crippen molar-refractivity contribution in [2.75, 3.05) is 25.2 Å². The van der Waals surface area contributed by atoms with Crippen LogP contribution in [0.3, 0.4) is 0 Å². The maximum Gasteiger partial charge on any atom is 0.328 e. The smallest absolute Gasteiger partial charge is 0.328 e. The van der Waals surface area contributed by atoms with E-state index in [4.69, 9.17) is 9.47 Å². The molecule has 2 aliphatic rings. The SMILES string of the molecule is COC(=O)[C@H](CC1CCCCC1)NC(=O)CN1C(=O)COc2ccccc21. The highest BCUT2D eigenvalue weighted by Gasteiger charge is 2.30. The zero-order valence-corrected chi connectivity index (χ0v) is 15.6. The van der Waals surface area contributed by atoms with E-state index >= 15 is 0 Å². The molecular formula is C20H26N2O5. The topological polar surface area (TPSA) is 84.9 Å². The van der Waals surface area contributed by atoms with Gasteiger partial charge in [-0.1, -0.05) is 44.2 Å². The fraction of sp³-hybridized carbons (Fsp3) is 0.550. The molecule has 1 N–H and O–H groups in total. The van der Waals surface area contributed by atoms with Crippen molar-refractivity contribution in [3.8, 4) is 5.75 Å². The molecule has 1 aromatic rings. The van der Waals surface area contributed by atoms with Gasteiger partial charge in [-0.2, -0.15) is 0 Å². The third-order valence-electron chi connectivity index (χ3n) is 5.22. The molecule has 0 saturated heterocycles. The highest BCUT2D eigenvalue weighted by molar-refractivity contribution is 6.02. The number of para-hydroxylation sites is 2. The van der Waals surface area contributed by atoms with Gasteiger partial charge in [0.2, 0.25) is 5.91 Å². The molecule has 1 atom stereocenters. The number of hydrogen-bond acceptors (Lipinski definition) is 5.